The van der Waals surface area contributed by atoms with Crippen LogP contribution in [0.5, 0.6) is 0 Å². The van der Waals surface area contributed by atoms with Crippen LogP contribution in [0.1, 0.15) is 37.7 Å². The van der Waals surface area contributed by atoms with E-state index in [4.69, 9.17) is 11.6 Å². The van der Waals surface area contributed by atoms with E-state index in [1.807, 2.05) is 0 Å². The molecule has 3 rings (SSSR count). The van der Waals surface area contributed by atoms with E-state index in [1.54, 1.807) is 0 Å². The molecule has 0 aromatic heterocycles. The fraction of sp³-hybridized carbons (Fsp3) is 0.647. The largest absolute Gasteiger partial charge is 0.367 e. The summed E-state index contributed by atoms with van der Waals surface area (Å²) in [5, 5.41) is 4.63. The van der Waals surface area contributed by atoms with E-state index in [1.165, 1.54) is 43.4 Å². The topological polar surface area (TPSA) is 15.3 Å². The molecule has 2 aliphatic rings. The van der Waals surface area contributed by atoms with Crippen LogP contribution in [0.15, 0.2) is 18.2 Å². The van der Waals surface area contributed by atoms with Gasteiger partial charge in [0.15, 0.2) is 0 Å². The highest BCUT2D eigenvalue weighted by atomic mass is 35.5. The van der Waals surface area contributed by atoms with Gasteiger partial charge in [0, 0.05) is 25.7 Å². The van der Waals surface area contributed by atoms with Gasteiger partial charge >= 0.3 is 0 Å². The zero-order valence-corrected chi connectivity index (χ0v) is 13.1. The number of rotatable bonds is 2. The summed E-state index contributed by atoms with van der Waals surface area (Å²) in [7, 11) is 0. The first-order valence-corrected chi connectivity index (χ1v) is 8.36. The number of aryl methyl sites for hydroxylation is 1. The molecule has 1 aromatic rings. The van der Waals surface area contributed by atoms with Crippen molar-refractivity contribution >= 4 is 17.3 Å². The first-order chi connectivity index (χ1) is 9.74. The summed E-state index contributed by atoms with van der Waals surface area (Å²) in [6.07, 6.45) is 7.04. The Hall–Kier alpha value is -0.730. The predicted molar refractivity (Wildman–Crippen MR) is 86.8 cm³/mol. The highest BCUT2D eigenvalue weighted by Crippen LogP contribution is 2.31. The molecule has 1 N–H and O–H groups in total. The molecule has 0 radical (unpaired) electrons. The second kappa shape index (κ2) is 6.36. The smallest absolute Gasteiger partial charge is 0.0642 e. The van der Waals surface area contributed by atoms with Crippen molar-refractivity contribution in [1.29, 1.82) is 0 Å². The molecular weight excluding hydrogens is 268 g/mol. The van der Waals surface area contributed by atoms with Crippen LogP contribution in [0.25, 0.3) is 0 Å². The standard InChI is InChI=1S/C17H25ClN2/c1-13-7-8-17(15(18)11-13)20-10-9-19-16(12-20)14-5-3-2-4-6-14/h7-8,11,14,16,19H,2-6,9-10,12H2,1H3. The maximum absolute atomic E-state index is 6.43. The van der Waals surface area contributed by atoms with Gasteiger partial charge in [0.25, 0.3) is 0 Å². The van der Waals surface area contributed by atoms with E-state index in [2.05, 4.69) is 35.3 Å². The van der Waals surface area contributed by atoms with Crippen molar-refractivity contribution in [3.05, 3.63) is 28.8 Å². The summed E-state index contributed by atoms with van der Waals surface area (Å²) in [6, 6.07) is 7.07. The van der Waals surface area contributed by atoms with Crippen molar-refractivity contribution < 1.29 is 0 Å². The number of benzene rings is 1. The number of anilines is 1. The lowest BCUT2D eigenvalue weighted by atomic mass is 9.83. The number of halogens is 1. The van der Waals surface area contributed by atoms with Crippen LogP contribution < -0.4 is 10.2 Å². The summed E-state index contributed by atoms with van der Waals surface area (Å²) < 4.78 is 0. The third-order valence-electron chi connectivity index (χ3n) is 4.87. The second-order valence-electron chi connectivity index (χ2n) is 6.36. The maximum atomic E-state index is 6.43. The predicted octanol–water partition coefficient (Wildman–Crippen LogP) is 4.01. The summed E-state index contributed by atoms with van der Waals surface area (Å²) in [4.78, 5) is 2.47. The zero-order chi connectivity index (χ0) is 13.9. The number of hydrogen-bond acceptors (Lipinski definition) is 2. The average molecular weight is 293 g/mol. The molecule has 1 aromatic carbocycles. The van der Waals surface area contributed by atoms with E-state index in [9.17, 15) is 0 Å². The fourth-order valence-electron chi connectivity index (χ4n) is 3.72. The minimum atomic E-state index is 0.640. The quantitative estimate of drug-likeness (QED) is 0.886. The summed E-state index contributed by atoms with van der Waals surface area (Å²) in [6.45, 7) is 5.34. The van der Waals surface area contributed by atoms with E-state index < -0.39 is 0 Å². The molecule has 0 spiro atoms. The van der Waals surface area contributed by atoms with Crippen LogP contribution >= 0.6 is 11.6 Å². The van der Waals surface area contributed by atoms with Gasteiger partial charge in [-0.15, -0.1) is 0 Å². The lowest BCUT2D eigenvalue weighted by Gasteiger charge is -2.40. The van der Waals surface area contributed by atoms with Crippen molar-refractivity contribution in [1.82, 2.24) is 5.32 Å². The third-order valence-corrected chi connectivity index (χ3v) is 5.17. The molecular formula is C17H25ClN2. The van der Waals surface area contributed by atoms with Gasteiger partial charge in [-0.25, -0.2) is 0 Å². The number of hydrogen-bond donors (Lipinski definition) is 1. The third kappa shape index (κ3) is 3.12. The van der Waals surface area contributed by atoms with Gasteiger partial charge < -0.3 is 10.2 Å². The number of nitrogens with zero attached hydrogens (tertiary/aromatic N) is 1. The highest BCUT2D eigenvalue weighted by Gasteiger charge is 2.28. The molecule has 2 nitrogen and oxygen atoms in total. The van der Waals surface area contributed by atoms with Crippen LogP contribution in [0, 0.1) is 12.8 Å². The van der Waals surface area contributed by atoms with E-state index >= 15 is 0 Å². The molecule has 1 heterocycles. The molecule has 0 bridgehead atoms. The summed E-state index contributed by atoms with van der Waals surface area (Å²) >= 11 is 6.43. The Balaban J connectivity index is 1.71. The van der Waals surface area contributed by atoms with Crippen molar-refractivity contribution in [2.75, 3.05) is 24.5 Å². The van der Waals surface area contributed by atoms with Gasteiger partial charge in [0.2, 0.25) is 0 Å². The van der Waals surface area contributed by atoms with Crippen molar-refractivity contribution in [2.45, 2.75) is 45.1 Å². The lowest BCUT2D eigenvalue weighted by Crippen LogP contribution is -2.54. The van der Waals surface area contributed by atoms with Gasteiger partial charge in [-0.1, -0.05) is 36.9 Å². The van der Waals surface area contributed by atoms with Crippen LogP contribution in [-0.4, -0.2) is 25.7 Å². The molecule has 2 fully saturated rings. The van der Waals surface area contributed by atoms with E-state index in [-0.39, 0.29) is 0 Å². The molecule has 1 unspecified atom stereocenters. The Labute approximate surface area is 127 Å². The molecule has 110 valence electrons. The van der Waals surface area contributed by atoms with Crippen LogP contribution in [0.2, 0.25) is 5.02 Å². The fourth-order valence-corrected chi connectivity index (χ4v) is 4.07. The molecule has 1 saturated heterocycles. The Morgan fingerprint density at radius 2 is 2.00 bits per heavy atom. The monoisotopic (exact) mass is 292 g/mol. The van der Waals surface area contributed by atoms with Crippen LogP contribution in [-0.2, 0) is 0 Å². The maximum Gasteiger partial charge on any atom is 0.0642 e. The van der Waals surface area contributed by atoms with Crippen molar-refractivity contribution in [2.24, 2.45) is 5.92 Å². The van der Waals surface area contributed by atoms with Gasteiger partial charge in [-0.05, 0) is 43.4 Å². The second-order valence-corrected chi connectivity index (χ2v) is 6.77. The Kier molecular flexibility index (Phi) is 4.52. The van der Waals surface area contributed by atoms with Crippen LogP contribution in [0.4, 0.5) is 5.69 Å². The normalized spacial score (nSPS) is 24.9. The molecule has 1 aliphatic heterocycles. The Morgan fingerprint density at radius 1 is 1.20 bits per heavy atom. The molecule has 1 saturated carbocycles. The number of nitrogens with one attached hydrogen (secondary N) is 1. The molecule has 3 heteroatoms. The summed E-state index contributed by atoms with van der Waals surface area (Å²) in [5.41, 5.74) is 2.44. The van der Waals surface area contributed by atoms with Crippen molar-refractivity contribution in [3.8, 4) is 0 Å². The Morgan fingerprint density at radius 3 is 2.75 bits per heavy atom. The van der Waals surface area contributed by atoms with Gasteiger partial charge in [0.1, 0.15) is 0 Å². The molecule has 0 amide bonds. The van der Waals surface area contributed by atoms with Gasteiger partial charge in [0.05, 0.1) is 10.7 Å². The van der Waals surface area contributed by atoms with Crippen molar-refractivity contribution in [3.63, 3.8) is 0 Å². The molecule has 20 heavy (non-hydrogen) atoms. The lowest BCUT2D eigenvalue weighted by molar-refractivity contribution is 0.257. The minimum Gasteiger partial charge on any atom is -0.367 e. The van der Waals surface area contributed by atoms with Gasteiger partial charge in [-0.3, -0.25) is 0 Å². The van der Waals surface area contributed by atoms with Gasteiger partial charge in [-0.2, -0.15) is 0 Å². The highest BCUT2D eigenvalue weighted by molar-refractivity contribution is 6.33. The SMILES string of the molecule is Cc1ccc(N2CCNC(C3CCCCC3)C2)c(Cl)c1. The van der Waals surface area contributed by atoms with Crippen LogP contribution in [0.3, 0.4) is 0 Å². The first-order valence-electron chi connectivity index (χ1n) is 7.98. The number of piperazine rings is 1. The zero-order valence-electron chi connectivity index (χ0n) is 12.4. The molecule has 1 atom stereocenters. The minimum absolute atomic E-state index is 0.640. The first kappa shape index (κ1) is 14.2. The average Bonchev–Trinajstić information content (AvgIpc) is 2.48. The molecule has 1 aliphatic carbocycles. The van der Waals surface area contributed by atoms with E-state index in [0.717, 1.165) is 30.6 Å². The Bertz CT molecular complexity index is 454. The van der Waals surface area contributed by atoms with E-state index in [0.29, 0.717) is 6.04 Å². The summed E-state index contributed by atoms with van der Waals surface area (Å²) in [5.74, 6) is 0.857.